The lowest BCUT2D eigenvalue weighted by Crippen LogP contribution is -2.41. The van der Waals surface area contributed by atoms with Crippen LogP contribution in [0.4, 0.5) is 0 Å². The molecule has 0 atom stereocenters. The lowest BCUT2D eigenvalue weighted by molar-refractivity contribution is 0.281. The highest BCUT2D eigenvalue weighted by atomic mass is 35.5. The molecule has 0 saturated heterocycles. The van der Waals surface area contributed by atoms with Crippen LogP contribution in [0.5, 0.6) is 5.75 Å². The molecule has 142 valence electrons. The summed E-state index contributed by atoms with van der Waals surface area (Å²) in [6.45, 7) is 5.90. The molecule has 0 aliphatic carbocycles. The summed E-state index contributed by atoms with van der Waals surface area (Å²) in [5.41, 5.74) is 0. The lowest BCUT2D eigenvalue weighted by Gasteiger charge is -2.22. The molecule has 0 aliphatic rings. The molecule has 0 aliphatic heterocycles. The van der Waals surface area contributed by atoms with E-state index in [4.69, 9.17) is 16.3 Å². The Morgan fingerprint density at radius 3 is 2.85 bits per heavy atom. The number of aryl methyl sites for hydroxylation is 1. The molecule has 2 rings (SSSR count). The topological polar surface area (TPSA) is 67.6 Å². The van der Waals surface area contributed by atoms with Crippen LogP contribution in [0.3, 0.4) is 0 Å². The molecule has 0 bridgehead atoms. The largest absolute Gasteiger partial charge is 0.492 e. The Morgan fingerprint density at radius 2 is 2.12 bits per heavy atom. The van der Waals surface area contributed by atoms with Gasteiger partial charge in [0.05, 0.1) is 6.54 Å². The standard InChI is InChI=1S/C18H27ClN6O/c1-3-20-18(21-9-4-5-10-25-14-22-23-15-25)24(2)11-12-26-17-8-6-7-16(19)13-17/h6-8,13-15H,3-5,9-12H2,1-2H3,(H,20,21). The maximum absolute atomic E-state index is 5.97. The molecule has 0 amide bonds. The molecule has 1 N–H and O–H groups in total. The van der Waals surface area contributed by atoms with E-state index in [0.29, 0.717) is 11.6 Å². The Labute approximate surface area is 160 Å². The van der Waals surface area contributed by atoms with Crippen molar-refractivity contribution in [1.29, 1.82) is 0 Å². The molecule has 8 heteroatoms. The number of likely N-dealkylation sites (N-methyl/N-ethyl adjacent to an activating group) is 1. The molecule has 26 heavy (non-hydrogen) atoms. The summed E-state index contributed by atoms with van der Waals surface area (Å²) in [6, 6.07) is 7.43. The quantitative estimate of drug-likeness (QED) is 0.391. The van der Waals surface area contributed by atoms with Crippen molar-refractivity contribution in [2.45, 2.75) is 26.3 Å². The van der Waals surface area contributed by atoms with Crippen molar-refractivity contribution >= 4 is 17.6 Å². The molecule has 2 aromatic rings. The van der Waals surface area contributed by atoms with Crippen LogP contribution in [0.25, 0.3) is 0 Å². The van der Waals surface area contributed by atoms with Gasteiger partial charge in [-0.05, 0) is 38.0 Å². The van der Waals surface area contributed by atoms with Gasteiger partial charge >= 0.3 is 0 Å². The van der Waals surface area contributed by atoms with E-state index in [1.165, 1.54) is 0 Å². The van der Waals surface area contributed by atoms with E-state index < -0.39 is 0 Å². The summed E-state index contributed by atoms with van der Waals surface area (Å²) in [7, 11) is 2.01. The van der Waals surface area contributed by atoms with Crippen LogP contribution < -0.4 is 10.1 Å². The van der Waals surface area contributed by atoms with Crippen LogP contribution in [-0.2, 0) is 6.54 Å². The van der Waals surface area contributed by atoms with Gasteiger partial charge in [0.15, 0.2) is 5.96 Å². The molecule has 0 spiro atoms. The monoisotopic (exact) mass is 378 g/mol. The van der Waals surface area contributed by atoms with Crippen LogP contribution in [0.2, 0.25) is 5.02 Å². The van der Waals surface area contributed by atoms with E-state index in [-0.39, 0.29) is 0 Å². The van der Waals surface area contributed by atoms with Crippen molar-refractivity contribution in [3.8, 4) is 5.75 Å². The Bertz CT molecular complexity index is 661. The maximum Gasteiger partial charge on any atom is 0.193 e. The van der Waals surface area contributed by atoms with Crippen LogP contribution in [0, 0.1) is 0 Å². The molecule has 0 unspecified atom stereocenters. The number of ether oxygens (including phenoxy) is 1. The predicted molar refractivity (Wildman–Crippen MR) is 105 cm³/mol. The first-order valence-electron chi connectivity index (χ1n) is 8.89. The van der Waals surface area contributed by atoms with Gasteiger partial charge in [-0.1, -0.05) is 17.7 Å². The van der Waals surface area contributed by atoms with E-state index in [2.05, 4.69) is 32.3 Å². The van der Waals surface area contributed by atoms with Crippen LogP contribution >= 0.6 is 11.6 Å². The zero-order valence-corrected chi connectivity index (χ0v) is 16.2. The van der Waals surface area contributed by atoms with Crippen molar-refractivity contribution < 1.29 is 4.74 Å². The van der Waals surface area contributed by atoms with Crippen molar-refractivity contribution in [3.05, 3.63) is 41.9 Å². The van der Waals surface area contributed by atoms with Crippen LogP contribution in [0.1, 0.15) is 19.8 Å². The number of hydrogen-bond acceptors (Lipinski definition) is 4. The summed E-state index contributed by atoms with van der Waals surface area (Å²) in [5, 5.41) is 11.6. The average Bonchev–Trinajstić information content (AvgIpc) is 3.14. The first kappa shape index (κ1) is 20.0. The van der Waals surface area contributed by atoms with Crippen molar-refractivity contribution in [3.63, 3.8) is 0 Å². The van der Waals surface area contributed by atoms with E-state index >= 15 is 0 Å². The highest BCUT2D eigenvalue weighted by Gasteiger charge is 2.05. The molecular formula is C18H27ClN6O. The molecule has 1 aromatic heterocycles. The number of guanidine groups is 1. The van der Waals surface area contributed by atoms with E-state index in [0.717, 1.165) is 50.7 Å². The number of hydrogen-bond donors (Lipinski definition) is 1. The average molecular weight is 379 g/mol. The Hall–Kier alpha value is -2.28. The number of nitrogens with one attached hydrogen (secondary N) is 1. The molecule has 0 saturated carbocycles. The Balaban J connectivity index is 1.71. The third-order valence-electron chi connectivity index (χ3n) is 3.74. The minimum absolute atomic E-state index is 0.564. The summed E-state index contributed by atoms with van der Waals surface area (Å²) >= 11 is 5.97. The van der Waals surface area contributed by atoms with E-state index in [1.54, 1.807) is 12.7 Å². The second-order valence-electron chi connectivity index (χ2n) is 5.87. The third kappa shape index (κ3) is 7.31. The van der Waals surface area contributed by atoms with Crippen molar-refractivity contribution in [2.24, 2.45) is 4.99 Å². The fraction of sp³-hybridized carbons (Fsp3) is 0.500. The van der Waals surface area contributed by atoms with Crippen molar-refractivity contribution in [2.75, 3.05) is 33.3 Å². The maximum atomic E-state index is 5.97. The van der Waals surface area contributed by atoms with Gasteiger partial charge in [0.1, 0.15) is 25.0 Å². The van der Waals surface area contributed by atoms with Gasteiger partial charge in [-0.2, -0.15) is 0 Å². The van der Waals surface area contributed by atoms with Gasteiger partial charge < -0.3 is 19.5 Å². The zero-order valence-electron chi connectivity index (χ0n) is 15.4. The van der Waals surface area contributed by atoms with Crippen molar-refractivity contribution in [1.82, 2.24) is 25.0 Å². The fourth-order valence-electron chi connectivity index (χ4n) is 2.36. The van der Waals surface area contributed by atoms with Gasteiger partial charge in [-0.15, -0.1) is 10.2 Å². The van der Waals surface area contributed by atoms with Gasteiger partial charge in [0.25, 0.3) is 0 Å². The number of unbranched alkanes of at least 4 members (excludes halogenated alkanes) is 1. The number of aromatic nitrogens is 3. The first-order valence-corrected chi connectivity index (χ1v) is 9.27. The van der Waals surface area contributed by atoms with E-state index in [1.807, 2.05) is 35.9 Å². The fourth-order valence-corrected chi connectivity index (χ4v) is 2.54. The van der Waals surface area contributed by atoms with Crippen LogP contribution in [-0.4, -0.2) is 58.9 Å². The minimum atomic E-state index is 0.564. The van der Waals surface area contributed by atoms with Gasteiger partial charge in [-0.3, -0.25) is 4.99 Å². The summed E-state index contributed by atoms with van der Waals surface area (Å²) < 4.78 is 7.73. The van der Waals surface area contributed by atoms with Gasteiger partial charge in [0, 0.05) is 31.7 Å². The number of rotatable bonds is 10. The second kappa shape index (κ2) is 11.4. The number of benzene rings is 1. The molecule has 7 nitrogen and oxygen atoms in total. The molecule has 1 heterocycles. The molecule has 0 fully saturated rings. The van der Waals surface area contributed by atoms with Crippen LogP contribution in [0.15, 0.2) is 41.9 Å². The predicted octanol–water partition coefficient (Wildman–Crippen LogP) is 2.69. The summed E-state index contributed by atoms with van der Waals surface area (Å²) in [4.78, 5) is 6.76. The summed E-state index contributed by atoms with van der Waals surface area (Å²) in [5.74, 6) is 1.67. The molecule has 0 radical (unpaired) electrons. The second-order valence-corrected chi connectivity index (χ2v) is 6.31. The molecular weight excluding hydrogens is 352 g/mol. The number of aliphatic imine (C=N–C) groups is 1. The van der Waals surface area contributed by atoms with E-state index in [9.17, 15) is 0 Å². The lowest BCUT2D eigenvalue weighted by atomic mass is 10.3. The number of halogens is 1. The highest BCUT2D eigenvalue weighted by molar-refractivity contribution is 6.30. The Kier molecular flexibility index (Phi) is 8.75. The zero-order chi connectivity index (χ0) is 18.6. The molecule has 1 aromatic carbocycles. The normalized spacial score (nSPS) is 11.4. The summed E-state index contributed by atoms with van der Waals surface area (Å²) in [6.07, 6.45) is 5.53. The first-order chi connectivity index (χ1) is 12.7. The Morgan fingerprint density at radius 1 is 1.31 bits per heavy atom. The SMILES string of the molecule is CCNC(=NCCCCn1cnnc1)N(C)CCOc1cccc(Cl)c1. The van der Waals surface area contributed by atoms with Gasteiger partial charge in [-0.25, -0.2) is 0 Å². The smallest absolute Gasteiger partial charge is 0.193 e. The number of nitrogens with zero attached hydrogens (tertiary/aromatic N) is 5. The van der Waals surface area contributed by atoms with Gasteiger partial charge in [0.2, 0.25) is 0 Å². The minimum Gasteiger partial charge on any atom is -0.492 e. The third-order valence-corrected chi connectivity index (χ3v) is 3.98. The highest BCUT2D eigenvalue weighted by Crippen LogP contribution is 2.16.